The fourth-order valence-corrected chi connectivity index (χ4v) is 2.80. The number of ether oxygens (including phenoxy) is 2. The molecular formula is C16H12O10. The van der Waals surface area contributed by atoms with E-state index in [1.807, 2.05) is 0 Å². The Labute approximate surface area is 144 Å². The Morgan fingerprint density at radius 1 is 1.27 bits per heavy atom. The van der Waals surface area contributed by atoms with Gasteiger partial charge in [0.15, 0.2) is 11.3 Å². The third kappa shape index (κ3) is 2.51. The van der Waals surface area contributed by atoms with Gasteiger partial charge >= 0.3 is 23.5 Å². The van der Waals surface area contributed by atoms with Crippen molar-refractivity contribution >= 4 is 28.9 Å². The molecular weight excluding hydrogens is 352 g/mol. The molecule has 0 radical (unpaired) electrons. The summed E-state index contributed by atoms with van der Waals surface area (Å²) >= 11 is 0. The highest BCUT2D eigenvalue weighted by Crippen LogP contribution is 2.43. The predicted molar refractivity (Wildman–Crippen MR) is 81.9 cm³/mol. The topological polar surface area (TPSA) is 161 Å². The Balaban J connectivity index is 2.47. The fourth-order valence-electron chi connectivity index (χ4n) is 2.80. The number of aliphatic carboxylic acids is 1. The van der Waals surface area contributed by atoms with Gasteiger partial charge in [-0.25, -0.2) is 14.4 Å². The highest BCUT2D eigenvalue weighted by atomic mass is 16.6. The van der Waals surface area contributed by atoms with Crippen molar-refractivity contribution < 1.29 is 43.6 Å². The number of carbonyl (C=O) groups excluding carboxylic acids is 2. The number of benzene rings is 1. The zero-order chi connectivity index (χ0) is 19.2. The molecule has 1 atom stereocenters. The molecule has 0 fully saturated rings. The highest BCUT2D eigenvalue weighted by Gasteiger charge is 2.40. The van der Waals surface area contributed by atoms with Gasteiger partial charge in [-0.15, -0.1) is 0 Å². The monoisotopic (exact) mass is 364 g/mol. The summed E-state index contributed by atoms with van der Waals surface area (Å²) in [5, 5.41) is 28.6. The summed E-state index contributed by atoms with van der Waals surface area (Å²) in [6.07, 6.45) is -2.53. The number of rotatable bonds is 4. The lowest BCUT2D eigenvalue weighted by Crippen LogP contribution is -2.30. The molecule has 0 aliphatic carbocycles. The summed E-state index contributed by atoms with van der Waals surface area (Å²) in [6, 6.07) is 0.870. The van der Waals surface area contributed by atoms with E-state index < -0.39 is 58.7 Å². The van der Waals surface area contributed by atoms with Gasteiger partial charge in [-0.1, -0.05) is 0 Å². The number of aromatic hydroxyl groups is 2. The average molecular weight is 364 g/mol. The minimum atomic E-state index is -1.71. The number of phenolic OH excluding ortho intramolecular Hbond substituents is 2. The predicted octanol–water partition coefficient (Wildman–Crippen LogP) is 0.606. The maximum Gasteiger partial charge on any atom is 0.352 e. The Bertz CT molecular complexity index is 1020. The van der Waals surface area contributed by atoms with E-state index in [1.165, 1.54) is 6.92 Å². The molecule has 2 aromatic rings. The molecule has 10 nitrogen and oxygen atoms in total. The lowest BCUT2D eigenvalue weighted by Gasteiger charge is -2.25. The van der Waals surface area contributed by atoms with Crippen LogP contribution in [-0.4, -0.2) is 39.8 Å². The highest BCUT2D eigenvalue weighted by molar-refractivity contribution is 6.11. The molecule has 1 aromatic heterocycles. The maximum absolute atomic E-state index is 12.2. The van der Waals surface area contributed by atoms with Crippen molar-refractivity contribution in [3.8, 4) is 11.5 Å². The molecule has 3 rings (SSSR count). The first kappa shape index (κ1) is 17.3. The van der Waals surface area contributed by atoms with Gasteiger partial charge in [0.2, 0.25) is 11.9 Å². The van der Waals surface area contributed by atoms with Gasteiger partial charge in [0.05, 0.1) is 24.2 Å². The van der Waals surface area contributed by atoms with E-state index in [2.05, 4.69) is 0 Å². The number of cyclic esters (lactones) is 1. The second-order valence-electron chi connectivity index (χ2n) is 5.39. The normalized spacial score (nSPS) is 15.6. The first-order valence-corrected chi connectivity index (χ1v) is 7.40. The molecule has 10 heteroatoms. The Morgan fingerprint density at radius 3 is 2.58 bits per heavy atom. The second kappa shape index (κ2) is 6.06. The number of hydrogen-bond donors (Lipinski definition) is 3. The fraction of sp³-hybridized carbons (Fsp3) is 0.250. The van der Waals surface area contributed by atoms with E-state index >= 15 is 0 Å². The third-order valence-corrected chi connectivity index (χ3v) is 3.81. The average Bonchev–Trinajstić information content (AvgIpc) is 2.56. The molecule has 0 amide bonds. The van der Waals surface area contributed by atoms with Gasteiger partial charge in [-0.05, 0) is 13.0 Å². The molecule has 136 valence electrons. The van der Waals surface area contributed by atoms with Crippen LogP contribution in [-0.2, 0) is 25.5 Å². The maximum atomic E-state index is 12.2. The number of carbonyl (C=O) groups is 3. The van der Waals surface area contributed by atoms with Crippen molar-refractivity contribution in [2.24, 2.45) is 0 Å². The quantitative estimate of drug-likeness (QED) is 0.398. The van der Waals surface area contributed by atoms with Crippen molar-refractivity contribution in [1.82, 2.24) is 0 Å². The van der Waals surface area contributed by atoms with E-state index in [0.717, 1.165) is 6.07 Å². The number of carboxylic acid groups (broad SMARTS) is 1. The summed E-state index contributed by atoms with van der Waals surface area (Å²) in [5.74, 6) is -5.03. The molecule has 1 aliphatic heterocycles. The van der Waals surface area contributed by atoms with Crippen LogP contribution in [0.4, 0.5) is 0 Å². The minimum absolute atomic E-state index is 0.0561. The van der Waals surface area contributed by atoms with Gasteiger partial charge in [-0.2, -0.15) is 0 Å². The molecule has 0 unspecified atom stereocenters. The number of carboxylic acids is 1. The SMILES string of the molecule is CCOC(=O)[C@@H]1OC(=O)c2cc(O)c(O)c3oc(=O)c(CC(=O)O)c1c23. The van der Waals surface area contributed by atoms with Crippen LogP contribution in [0.5, 0.6) is 11.5 Å². The van der Waals surface area contributed by atoms with E-state index in [0.29, 0.717) is 0 Å². The molecule has 0 bridgehead atoms. The van der Waals surface area contributed by atoms with E-state index in [9.17, 15) is 29.4 Å². The van der Waals surface area contributed by atoms with Crippen molar-refractivity contribution in [3.05, 3.63) is 33.2 Å². The number of phenols is 2. The van der Waals surface area contributed by atoms with E-state index in [1.54, 1.807) is 0 Å². The Kier molecular flexibility index (Phi) is 4.03. The zero-order valence-electron chi connectivity index (χ0n) is 13.3. The molecule has 2 heterocycles. The van der Waals surface area contributed by atoms with Crippen LogP contribution < -0.4 is 5.63 Å². The number of esters is 2. The van der Waals surface area contributed by atoms with Crippen molar-refractivity contribution in [2.45, 2.75) is 19.4 Å². The van der Waals surface area contributed by atoms with Crippen molar-refractivity contribution in [2.75, 3.05) is 6.61 Å². The lowest BCUT2D eigenvalue weighted by molar-refractivity contribution is -0.154. The van der Waals surface area contributed by atoms with Gasteiger partial charge in [0.25, 0.3) is 0 Å². The molecule has 0 saturated heterocycles. The molecule has 1 aliphatic rings. The first-order valence-electron chi connectivity index (χ1n) is 7.40. The molecule has 1 aromatic carbocycles. The summed E-state index contributed by atoms with van der Waals surface area (Å²) in [4.78, 5) is 47.8. The largest absolute Gasteiger partial charge is 0.504 e. The lowest BCUT2D eigenvalue weighted by atomic mass is 9.91. The van der Waals surface area contributed by atoms with Crippen LogP contribution in [0.15, 0.2) is 15.3 Å². The summed E-state index contributed by atoms with van der Waals surface area (Å²) in [6.45, 7) is 1.45. The minimum Gasteiger partial charge on any atom is -0.504 e. The standard InChI is InChI=1S/C16H12O10/c1-2-24-16(23)13-10-6(4-8(18)19)15(22)25-12-9(10)5(14(21)26-13)3-7(17)11(12)20/h3,13,17,20H,2,4H2,1H3,(H,18,19)/t13-/m1/s1. The second-order valence-corrected chi connectivity index (χ2v) is 5.39. The Hall–Kier alpha value is -3.56. The molecule has 26 heavy (non-hydrogen) atoms. The van der Waals surface area contributed by atoms with Gasteiger partial charge < -0.3 is 29.2 Å². The van der Waals surface area contributed by atoms with Crippen LogP contribution in [0.3, 0.4) is 0 Å². The smallest absolute Gasteiger partial charge is 0.352 e. The van der Waals surface area contributed by atoms with Crippen LogP contribution in [0.1, 0.15) is 34.5 Å². The zero-order valence-corrected chi connectivity index (χ0v) is 13.3. The van der Waals surface area contributed by atoms with E-state index in [-0.39, 0.29) is 23.1 Å². The van der Waals surface area contributed by atoms with Crippen LogP contribution >= 0.6 is 0 Å². The summed E-state index contributed by atoms with van der Waals surface area (Å²) in [5.41, 5.74) is -2.68. The molecule has 3 N–H and O–H groups in total. The molecule has 0 saturated carbocycles. The van der Waals surface area contributed by atoms with Crippen LogP contribution in [0, 0.1) is 0 Å². The Morgan fingerprint density at radius 2 is 1.96 bits per heavy atom. The van der Waals surface area contributed by atoms with Gasteiger partial charge in [-0.3, -0.25) is 4.79 Å². The van der Waals surface area contributed by atoms with Gasteiger partial charge in [0, 0.05) is 10.9 Å². The molecule has 0 spiro atoms. The van der Waals surface area contributed by atoms with Crippen LogP contribution in [0.2, 0.25) is 0 Å². The van der Waals surface area contributed by atoms with Gasteiger partial charge in [0.1, 0.15) is 0 Å². The first-order chi connectivity index (χ1) is 12.3. The van der Waals surface area contributed by atoms with Crippen molar-refractivity contribution in [3.63, 3.8) is 0 Å². The number of hydrogen-bond acceptors (Lipinski definition) is 9. The summed E-state index contributed by atoms with van der Waals surface area (Å²) < 4.78 is 14.7. The van der Waals surface area contributed by atoms with Crippen LogP contribution in [0.25, 0.3) is 11.0 Å². The van der Waals surface area contributed by atoms with E-state index in [4.69, 9.17) is 19.0 Å². The van der Waals surface area contributed by atoms with Crippen molar-refractivity contribution in [1.29, 1.82) is 0 Å². The summed E-state index contributed by atoms with van der Waals surface area (Å²) in [7, 11) is 0. The third-order valence-electron chi connectivity index (χ3n) is 3.81.